The van der Waals surface area contributed by atoms with E-state index in [0.29, 0.717) is 5.39 Å². The number of aromatic nitrogens is 2. The van der Waals surface area contributed by atoms with Gasteiger partial charge >= 0.3 is 5.97 Å². The molecule has 24 heavy (non-hydrogen) atoms. The molecule has 8 heteroatoms. The van der Waals surface area contributed by atoms with Gasteiger partial charge in [-0.15, -0.1) is 0 Å². The molecule has 1 heterocycles. The fraction of sp³-hybridized carbons (Fsp3) is 0.375. The van der Waals surface area contributed by atoms with Gasteiger partial charge in [0.1, 0.15) is 6.04 Å². The molecule has 0 aliphatic rings. The molecule has 0 aliphatic carbocycles. The Morgan fingerprint density at radius 3 is 2.62 bits per heavy atom. The van der Waals surface area contributed by atoms with Crippen LogP contribution in [0.3, 0.4) is 0 Å². The first-order valence-electron chi connectivity index (χ1n) is 7.53. The highest BCUT2D eigenvalue weighted by molar-refractivity contribution is 6.05. The minimum absolute atomic E-state index is 0.0692. The fourth-order valence-electron chi connectivity index (χ4n) is 2.37. The highest BCUT2D eigenvalue weighted by Crippen LogP contribution is 2.15. The van der Waals surface area contributed by atoms with Crippen LogP contribution in [0.2, 0.25) is 0 Å². The normalized spacial score (nSPS) is 13.3. The Morgan fingerprint density at radius 2 is 1.96 bits per heavy atom. The maximum absolute atomic E-state index is 12.3. The molecule has 2 amide bonds. The monoisotopic (exact) mass is 332 g/mol. The molecule has 128 valence electrons. The maximum atomic E-state index is 12.3. The molecule has 0 aliphatic heterocycles. The van der Waals surface area contributed by atoms with Gasteiger partial charge in [-0.1, -0.05) is 25.1 Å². The van der Waals surface area contributed by atoms with Crippen molar-refractivity contribution in [3.8, 4) is 0 Å². The second kappa shape index (κ2) is 7.12. The van der Waals surface area contributed by atoms with Gasteiger partial charge in [-0.2, -0.15) is 5.10 Å². The SMILES string of the molecule is CC(CN(C)C(=O)C(C)NC(=O)c1n[nH]c2ccccc12)C(=O)O. The smallest absolute Gasteiger partial charge is 0.308 e. The number of fused-ring (bicyclic) bond motifs is 1. The molecule has 1 aromatic heterocycles. The largest absolute Gasteiger partial charge is 0.481 e. The summed E-state index contributed by atoms with van der Waals surface area (Å²) >= 11 is 0. The van der Waals surface area contributed by atoms with Gasteiger partial charge in [-0.3, -0.25) is 19.5 Å². The second-order valence-corrected chi connectivity index (χ2v) is 5.77. The molecular formula is C16H20N4O4. The highest BCUT2D eigenvalue weighted by atomic mass is 16.4. The minimum Gasteiger partial charge on any atom is -0.481 e. The van der Waals surface area contributed by atoms with E-state index in [2.05, 4.69) is 15.5 Å². The number of amides is 2. The number of para-hydroxylation sites is 1. The van der Waals surface area contributed by atoms with Crippen LogP contribution >= 0.6 is 0 Å². The van der Waals surface area contributed by atoms with E-state index in [1.165, 1.54) is 18.9 Å². The lowest BCUT2D eigenvalue weighted by Crippen LogP contribution is -2.47. The van der Waals surface area contributed by atoms with Crippen LogP contribution in [0, 0.1) is 5.92 Å². The summed E-state index contributed by atoms with van der Waals surface area (Å²) in [5.74, 6) is -2.49. The van der Waals surface area contributed by atoms with Gasteiger partial charge in [-0.25, -0.2) is 0 Å². The molecular weight excluding hydrogens is 312 g/mol. The number of aliphatic carboxylic acids is 1. The van der Waals surface area contributed by atoms with Crippen molar-refractivity contribution < 1.29 is 19.5 Å². The number of carbonyl (C=O) groups excluding carboxylic acids is 2. The van der Waals surface area contributed by atoms with Crippen molar-refractivity contribution in [1.82, 2.24) is 20.4 Å². The number of likely N-dealkylation sites (N-methyl/N-ethyl adjacent to an activating group) is 1. The van der Waals surface area contributed by atoms with Crippen LogP contribution in [-0.4, -0.2) is 57.6 Å². The number of carbonyl (C=O) groups is 3. The number of benzene rings is 1. The van der Waals surface area contributed by atoms with Gasteiger partial charge in [0, 0.05) is 19.0 Å². The topological polar surface area (TPSA) is 115 Å². The van der Waals surface area contributed by atoms with Gasteiger partial charge < -0.3 is 15.3 Å². The predicted molar refractivity (Wildman–Crippen MR) is 87.5 cm³/mol. The summed E-state index contributed by atoms with van der Waals surface area (Å²) in [6.07, 6.45) is 0. The summed E-state index contributed by atoms with van der Waals surface area (Å²) < 4.78 is 0. The molecule has 2 unspecified atom stereocenters. The van der Waals surface area contributed by atoms with Crippen molar-refractivity contribution in [3.05, 3.63) is 30.0 Å². The molecule has 0 fully saturated rings. The number of H-pyrrole nitrogens is 1. The van der Waals surface area contributed by atoms with E-state index in [9.17, 15) is 14.4 Å². The van der Waals surface area contributed by atoms with Crippen molar-refractivity contribution in [2.24, 2.45) is 5.92 Å². The molecule has 0 saturated heterocycles. The lowest BCUT2D eigenvalue weighted by Gasteiger charge is -2.23. The lowest BCUT2D eigenvalue weighted by atomic mass is 10.1. The molecule has 0 spiro atoms. The quantitative estimate of drug-likeness (QED) is 0.725. The Bertz CT molecular complexity index is 770. The van der Waals surface area contributed by atoms with Crippen LogP contribution in [0.1, 0.15) is 24.3 Å². The van der Waals surface area contributed by atoms with E-state index in [1.54, 1.807) is 25.1 Å². The molecule has 2 aromatic rings. The van der Waals surface area contributed by atoms with E-state index in [4.69, 9.17) is 5.11 Å². The predicted octanol–water partition coefficient (Wildman–Crippen LogP) is 0.860. The molecule has 2 atom stereocenters. The average Bonchev–Trinajstić information content (AvgIpc) is 2.97. The van der Waals surface area contributed by atoms with Crippen LogP contribution in [-0.2, 0) is 9.59 Å². The van der Waals surface area contributed by atoms with E-state index >= 15 is 0 Å². The third-order valence-electron chi connectivity index (χ3n) is 3.75. The van der Waals surface area contributed by atoms with Gasteiger partial charge in [0.15, 0.2) is 5.69 Å². The van der Waals surface area contributed by atoms with E-state index in [0.717, 1.165) is 5.52 Å². The summed E-state index contributed by atoms with van der Waals surface area (Å²) in [6.45, 7) is 3.14. The lowest BCUT2D eigenvalue weighted by molar-refractivity contribution is -0.142. The summed E-state index contributed by atoms with van der Waals surface area (Å²) in [5, 5.41) is 18.9. The number of rotatable bonds is 6. The van der Waals surface area contributed by atoms with Crippen molar-refractivity contribution in [1.29, 1.82) is 0 Å². The fourth-order valence-corrected chi connectivity index (χ4v) is 2.37. The summed E-state index contributed by atoms with van der Waals surface area (Å²) in [7, 11) is 1.51. The van der Waals surface area contributed by atoms with Crippen LogP contribution < -0.4 is 5.32 Å². The zero-order valence-electron chi connectivity index (χ0n) is 13.7. The maximum Gasteiger partial charge on any atom is 0.308 e. The van der Waals surface area contributed by atoms with Crippen molar-refractivity contribution in [2.75, 3.05) is 13.6 Å². The molecule has 8 nitrogen and oxygen atoms in total. The third kappa shape index (κ3) is 3.70. The van der Waals surface area contributed by atoms with Crippen LogP contribution in [0.4, 0.5) is 0 Å². The number of hydrogen-bond donors (Lipinski definition) is 3. The number of nitrogens with one attached hydrogen (secondary N) is 2. The number of hydrogen-bond acceptors (Lipinski definition) is 4. The molecule has 0 bridgehead atoms. The Kier molecular flexibility index (Phi) is 5.18. The first-order chi connectivity index (χ1) is 11.3. The van der Waals surface area contributed by atoms with Gasteiger partial charge in [0.2, 0.25) is 5.91 Å². The van der Waals surface area contributed by atoms with Crippen molar-refractivity contribution in [3.63, 3.8) is 0 Å². The van der Waals surface area contributed by atoms with Crippen molar-refractivity contribution in [2.45, 2.75) is 19.9 Å². The van der Waals surface area contributed by atoms with Crippen LogP contribution in [0.5, 0.6) is 0 Å². The first kappa shape index (κ1) is 17.5. The first-order valence-corrected chi connectivity index (χ1v) is 7.53. The number of aromatic amines is 1. The standard InChI is InChI=1S/C16H20N4O4/c1-9(16(23)24)8-20(3)15(22)10(2)17-14(21)13-11-6-4-5-7-12(11)18-19-13/h4-7,9-10H,8H2,1-3H3,(H,17,21)(H,18,19)(H,23,24). The van der Waals surface area contributed by atoms with E-state index in [-0.39, 0.29) is 18.1 Å². The highest BCUT2D eigenvalue weighted by Gasteiger charge is 2.24. The Balaban J connectivity index is 2.03. The van der Waals surface area contributed by atoms with Gasteiger partial charge in [0.05, 0.1) is 11.4 Å². The summed E-state index contributed by atoms with van der Waals surface area (Å²) in [4.78, 5) is 36.8. The Hall–Kier alpha value is -2.90. The second-order valence-electron chi connectivity index (χ2n) is 5.77. The zero-order chi connectivity index (χ0) is 17.9. The Labute approximate surface area is 138 Å². The molecule has 0 radical (unpaired) electrons. The average molecular weight is 332 g/mol. The van der Waals surface area contributed by atoms with E-state index in [1.807, 2.05) is 6.07 Å². The number of carboxylic acid groups (broad SMARTS) is 1. The molecule has 0 saturated carbocycles. The number of nitrogens with zero attached hydrogens (tertiary/aromatic N) is 2. The van der Waals surface area contributed by atoms with Crippen molar-refractivity contribution >= 4 is 28.7 Å². The molecule has 1 aromatic carbocycles. The third-order valence-corrected chi connectivity index (χ3v) is 3.75. The summed E-state index contributed by atoms with van der Waals surface area (Å²) in [6, 6.07) is 6.39. The minimum atomic E-state index is -0.977. The zero-order valence-corrected chi connectivity index (χ0v) is 13.7. The van der Waals surface area contributed by atoms with E-state index < -0.39 is 23.8 Å². The Morgan fingerprint density at radius 1 is 1.29 bits per heavy atom. The molecule has 2 rings (SSSR count). The number of carboxylic acids is 1. The summed E-state index contributed by atoms with van der Waals surface area (Å²) in [5.41, 5.74) is 0.945. The van der Waals surface area contributed by atoms with Crippen LogP contribution in [0.25, 0.3) is 10.9 Å². The molecule has 3 N–H and O–H groups in total. The van der Waals surface area contributed by atoms with Gasteiger partial charge in [0.25, 0.3) is 5.91 Å². The van der Waals surface area contributed by atoms with Crippen LogP contribution in [0.15, 0.2) is 24.3 Å². The van der Waals surface area contributed by atoms with Gasteiger partial charge in [-0.05, 0) is 13.0 Å².